The van der Waals surface area contributed by atoms with E-state index in [9.17, 15) is 10.2 Å². The second kappa shape index (κ2) is 14.2. The van der Waals surface area contributed by atoms with Gasteiger partial charge in [-0.05, 0) is 90.9 Å². The third-order valence-electron chi connectivity index (χ3n) is 9.07. The Kier molecular flexibility index (Phi) is 9.41. The Hall–Kier alpha value is -5.07. The van der Waals surface area contributed by atoms with Crippen molar-refractivity contribution in [3.8, 4) is 11.1 Å². The Morgan fingerprint density at radius 1 is 0.837 bits per heavy atom. The Bertz CT molecular complexity index is 2120. The first-order valence-corrected chi connectivity index (χ1v) is 16.7. The van der Waals surface area contributed by atoms with Crippen molar-refractivity contribution in [3.05, 3.63) is 102 Å². The average molecular weight is 656 g/mol. The number of pyridine rings is 3. The summed E-state index contributed by atoms with van der Waals surface area (Å²) in [5, 5.41) is 30.8. The zero-order valence-electron chi connectivity index (χ0n) is 28.0. The third-order valence-corrected chi connectivity index (χ3v) is 9.07. The van der Waals surface area contributed by atoms with E-state index in [1.54, 1.807) is 13.3 Å². The summed E-state index contributed by atoms with van der Waals surface area (Å²) in [6.45, 7) is 9.45. The number of rotatable bonds is 11. The van der Waals surface area contributed by atoms with Gasteiger partial charge in [0.2, 0.25) is 0 Å². The van der Waals surface area contributed by atoms with Gasteiger partial charge in [-0.3, -0.25) is 14.9 Å². The summed E-state index contributed by atoms with van der Waals surface area (Å²) in [5.74, 6) is 1.34. The number of β-amino-alcohol motifs (C(OH)–C–C–N with tert-alkyl or cyclic N) is 1. The molecule has 250 valence electrons. The molecular formula is C38H41N9O2. The van der Waals surface area contributed by atoms with E-state index in [1.807, 2.05) is 42.9 Å². The SMILES string of the molecule is Cc1c(Nc2nccc3cc(CN4CCC(O)C4)cnc23)cccc1-c1cccc(Nc2ncnc3cc(CNCC(C)O)cnc23)c1C. The van der Waals surface area contributed by atoms with Crippen LogP contribution in [0.5, 0.6) is 0 Å². The van der Waals surface area contributed by atoms with Crippen molar-refractivity contribution >= 4 is 44.9 Å². The summed E-state index contributed by atoms with van der Waals surface area (Å²) >= 11 is 0. The number of likely N-dealkylation sites (tertiary alicyclic amines) is 1. The van der Waals surface area contributed by atoms with Crippen LogP contribution >= 0.6 is 0 Å². The van der Waals surface area contributed by atoms with Gasteiger partial charge in [0.05, 0.1) is 17.7 Å². The number of anilines is 4. The van der Waals surface area contributed by atoms with Crippen LogP contribution in [-0.2, 0) is 13.1 Å². The summed E-state index contributed by atoms with van der Waals surface area (Å²) in [4.78, 5) is 25.4. The summed E-state index contributed by atoms with van der Waals surface area (Å²) in [5.41, 5.74) is 10.6. The first-order valence-electron chi connectivity index (χ1n) is 16.7. The van der Waals surface area contributed by atoms with E-state index in [4.69, 9.17) is 4.98 Å². The van der Waals surface area contributed by atoms with E-state index in [-0.39, 0.29) is 6.10 Å². The number of nitrogens with zero attached hydrogens (tertiary/aromatic N) is 6. The van der Waals surface area contributed by atoms with E-state index in [0.717, 1.165) is 80.7 Å². The molecule has 0 radical (unpaired) electrons. The first-order chi connectivity index (χ1) is 23.8. The molecule has 2 aromatic carbocycles. The maximum Gasteiger partial charge on any atom is 0.160 e. The minimum atomic E-state index is -0.414. The number of aliphatic hydroxyl groups is 2. The predicted molar refractivity (Wildman–Crippen MR) is 194 cm³/mol. The van der Waals surface area contributed by atoms with Gasteiger partial charge >= 0.3 is 0 Å². The predicted octanol–water partition coefficient (Wildman–Crippen LogP) is 5.78. The fraction of sp³-hybridized carbons (Fsp3) is 0.289. The summed E-state index contributed by atoms with van der Waals surface area (Å²) in [7, 11) is 0. The molecule has 11 nitrogen and oxygen atoms in total. The van der Waals surface area contributed by atoms with Crippen molar-refractivity contribution in [3.63, 3.8) is 0 Å². The summed E-state index contributed by atoms with van der Waals surface area (Å²) in [6, 6.07) is 18.6. The smallest absolute Gasteiger partial charge is 0.160 e. The molecule has 0 saturated carbocycles. The van der Waals surface area contributed by atoms with Gasteiger partial charge in [0, 0.05) is 68.1 Å². The molecule has 0 bridgehead atoms. The molecule has 1 fully saturated rings. The molecule has 1 aliphatic heterocycles. The molecule has 1 aliphatic rings. The lowest BCUT2D eigenvalue weighted by Crippen LogP contribution is -2.23. The molecule has 1 saturated heterocycles. The number of benzene rings is 2. The Morgan fingerprint density at radius 3 is 2.22 bits per heavy atom. The molecule has 2 atom stereocenters. The molecule has 7 rings (SSSR count). The van der Waals surface area contributed by atoms with Gasteiger partial charge in [-0.25, -0.2) is 15.0 Å². The normalized spacial score (nSPS) is 15.6. The highest BCUT2D eigenvalue weighted by atomic mass is 16.3. The van der Waals surface area contributed by atoms with Gasteiger partial charge in [0.15, 0.2) is 11.6 Å². The molecule has 49 heavy (non-hydrogen) atoms. The third kappa shape index (κ3) is 7.20. The average Bonchev–Trinajstić information content (AvgIpc) is 3.50. The molecule has 0 spiro atoms. The fourth-order valence-electron chi connectivity index (χ4n) is 6.48. The highest BCUT2D eigenvalue weighted by Gasteiger charge is 2.20. The van der Waals surface area contributed by atoms with E-state index in [1.165, 1.54) is 0 Å². The molecule has 0 aliphatic carbocycles. The molecule has 0 amide bonds. The number of aromatic nitrogens is 5. The van der Waals surface area contributed by atoms with Crippen LogP contribution in [0.4, 0.5) is 23.0 Å². The molecule has 4 aromatic heterocycles. The van der Waals surface area contributed by atoms with Crippen LogP contribution in [0.3, 0.4) is 0 Å². The molecular weight excluding hydrogens is 614 g/mol. The van der Waals surface area contributed by atoms with E-state index in [2.05, 4.69) is 85.0 Å². The van der Waals surface area contributed by atoms with Crippen LogP contribution in [0.25, 0.3) is 33.1 Å². The number of hydrogen-bond acceptors (Lipinski definition) is 11. The van der Waals surface area contributed by atoms with E-state index in [0.29, 0.717) is 36.8 Å². The molecule has 6 aromatic rings. The minimum absolute atomic E-state index is 0.240. The standard InChI is InChI=1S/C38H41N9O2/c1-23(48)16-39-17-26-15-34-36(42-18-26)38(44-22-43-34)46-33-9-5-7-31(25(33)3)30-6-4-8-32(24(30)2)45-37-35-28(10-12-40-37)14-27(19-41-35)20-47-13-11-29(49)21-47/h4-10,12,14-15,18-19,22-23,29,39,48-49H,11,13,16-17,20-21H2,1-3H3,(H,40,45)(H,43,44,46). The highest BCUT2D eigenvalue weighted by Crippen LogP contribution is 2.36. The monoisotopic (exact) mass is 655 g/mol. The Morgan fingerprint density at radius 2 is 1.53 bits per heavy atom. The van der Waals surface area contributed by atoms with E-state index >= 15 is 0 Å². The van der Waals surface area contributed by atoms with Crippen LogP contribution in [0.1, 0.15) is 35.6 Å². The second-order valence-electron chi connectivity index (χ2n) is 12.9. The fourth-order valence-corrected chi connectivity index (χ4v) is 6.48. The number of hydrogen-bond donors (Lipinski definition) is 5. The van der Waals surface area contributed by atoms with Gasteiger partial charge < -0.3 is 26.2 Å². The van der Waals surface area contributed by atoms with Gasteiger partial charge in [-0.2, -0.15) is 0 Å². The molecule has 11 heteroatoms. The maximum absolute atomic E-state index is 9.91. The second-order valence-corrected chi connectivity index (χ2v) is 12.9. The zero-order valence-corrected chi connectivity index (χ0v) is 28.0. The van der Waals surface area contributed by atoms with Gasteiger partial charge in [-0.15, -0.1) is 0 Å². The largest absolute Gasteiger partial charge is 0.392 e. The topological polar surface area (TPSA) is 144 Å². The van der Waals surface area contributed by atoms with Crippen molar-refractivity contribution in [1.29, 1.82) is 0 Å². The van der Waals surface area contributed by atoms with Crippen LogP contribution in [0, 0.1) is 13.8 Å². The van der Waals surface area contributed by atoms with Crippen molar-refractivity contribution in [2.24, 2.45) is 0 Å². The van der Waals surface area contributed by atoms with Gasteiger partial charge in [0.25, 0.3) is 0 Å². The zero-order chi connectivity index (χ0) is 33.9. The lowest BCUT2D eigenvalue weighted by atomic mass is 9.94. The lowest BCUT2D eigenvalue weighted by molar-refractivity contribution is 0.175. The number of nitrogens with one attached hydrogen (secondary N) is 3. The van der Waals surface area contributed by atoms with Crippen LogP contribution < -0.4 is 16.0 Å². The van der Waals surface area contributed by atoms with E-state index < -0.39 is 6.10 Å². The number of fused-ring (bicyclic) bond motifs is 2. The van der Waals surface area contributed by atoms with Gasteiger partial charge in [0.1, 0.15) is 17.4 Å². The number of aliphatic hydroxyl groups excluding tert-OH is 2. The highest BCUT2D eigenvalue weighted by molar-refractivity contribution is 5.92. The Labute approximate surface area is 285 Å². The van der Waals surface area contributed by atoms with Crippen molar-refractivity contribution in [1.82, 2.24) is 35.1 Å². The van der Waals surface area contributed by atoms with Crippen molar-refractivity contribution in [2.75, 3.05) is 30.3 Å². The molecule has 5 N–H and O–H groups in total. The minimum Gasteiger partial charge on any atom is -0.392 e. The maximum atomic E-state index is 9.91. The molecule has 5 heterocycles. The molecule has 2 unspecified atom stereocenters. The first kappa shape index (κ1) is 32.5. The quantitative estimate of drug-likeness (QED) is 0.116. The summed E-state index contributed by atoms with van der Waals surface area (Å²) < 4.78 is 0. The van der Waals surface area contributed by atoms with Crippen LogP contribution in [0.2, 0.25) is 0 Å². The van der Waals surface area contributed by atoms with Crippen molar-refractivity contribution in [2.45, 2.75) is 52.5 Å². The Balaban J connectivity index is 1.12. The summed E-state index contributed by atoms with van der Waals surface area (Å²) in [6.07, 6.45) is 7.26. The lowest BCUT2D eigenvalue weighted by Gasteiger charge is -2.18. The van der Waals surface area contributed by atoms with Gasteiger partial charge in [-0.1, -0.05) is 24.3 Å². The van der Waals surface area contributed by atoms with Crippen molar-refractivity contribution < 1.29 is 10.2 Å². The van der Waals surface area contributed by atoms with Crippen LogP contribution in [0.15, 0.2) is 79.5 Å². The van der Waals surface area contributed by atoms with Crippen LogP contribution in [-0.4, -0.2) is 71.9 Å².